The molecule has 0 aliphatic carbocycles. The van der Waals surface area contributed by atoms with Crippen LogP contribution in [-0.4, -0.2) is 17.5 Å². The summed E-state index contributed by atoms with van der Waals surface area (Å²) in [5, 5.41) is 4.39. The lowest BCUT2D eigenvalue weighted by Crippen LogP contribution is -2.20. The summed E-state index contributed by atoms with van der Waals surface area (Å²) in [7, 11) is 0. The highest BCUT2D eigenvalue weighted by Gasteiger charge is 2.06. The van der Waals surface area contributed by atoms with Crippen molar-refractivity contribution >= 4 is 34.1 Å². The lowest BCUT2D eigenvalue weighted by atomic mass is 10.2. The Bertz CT molecular complexity index is 768. The highest BCUT2D eigenvalue weighted by molar-refractivity contribution is 6.31. The highest BCUT2D eigenvalue weighted by atomic mass is 35.5. The molecule has 0 spiro atoms. The molecule has 0 saturated heterocycles. The summed E-state index contributed by atoms with van der Waals surface area (Å²) in [5.74, 6) is 0.327. The fraction of sp³-hybridized carbons (Fsp3) is 0.0625. The first-order chi connectivity index (χ1) is 10.2. The van der Waals surface area contributed by atoms with Crippen LogP contribution in [-0.2, 0) is 4.79 Å². The second-order valence-electron chi connectivity index (χ2n) is 4.57. The van der Waals surface area contributed by atoms with E-state index >= 15 is 0 Å². The Hall–Kier alpha value is -2.46. The number of amides is 1. The van der Waals surface area contributed by atoms with Gasteiger partial charge in [0.15, 0.2) is 12.5 Å². The molecule has 2 aromatic carbocycles. The Kier molecular flexibility index (Phi) is 3.79. The van der Waals surface area contributed by atoms with E-state index in [1.54, 1.807) is 0 Å². The summed E-state index contributed by atoms with van der Waals surface area (Å²) in [6.45, 7) is -0.0601. The van der Waals surface area contributed by atoms with Crippen LogP contribution in [0.2, 0.25) is 5.02 Å². The number of halogens is 1. The highest BCUT2D eigenvalue weighted by Crippen LogP contribution is 2.23. The van der Waals surface area contributed by atoms with Crippen LogP contribution < -0.4 is 10.1 Å². The maximum atomic E-state index is 11.8. The summed E-state index contributed by atoms with van der Waals surface area (Å²) in [5.41, 5.74) is 1.62. The number of fused-ring (bicyclic) bond motifs is 1. The van der Waals surface area contributed by atoms with Crippen molar-refractivity contribution in [3.63, 3.8) is 0 Å². The zero-order valence-electron chi connectivity index (χ0n) is 11.1. The van der Waals surface area contributed by atoms with Gasteiger partial charge in [-0.25, -0.2) is 0 Å². The van der Waals surface area contributed by atoms with Gasteiger partial charge in [-0.1, -0.05) is 35.9 Å². The van der Waals surface area contributed by atoms with Crippen molar-refractivity contribution in [1.82, 2.24) is 4.98 Å². The zero-order valence-corrected chi connectivity index (χ0v) is 11.9. The van der Waals surface area contributed by atoms with E-state index in [2.05, 4.69) is 10.3 Å². The number of carbonyl (C=O) groups is 1. The first-order valence-corrected chi connectivity index (χ1v) is 6.84. The van der Waals surface area contributed by atoms with Crippen molar-refractivity contribution in [1.29, 1.82) is 0 Å². The zero-order chi connectivity index (χ0) is 14.7. The number of nitrogens with one attached hydrogen (secondary N) is 2. The van der Waals surface area contributed by atoms with E-state index in [1.165, 1.54) is 0 Å². The Balaban J connectivity index is 1.62. The lowest BCUT2D eigenvalue weighted by Gasteiger charge is -2.05. The predicted molar refractivity (Wildman–Crippen MR) is 83.9 cm³/mol. The van der Waals surface area contributed by atoms with E-state index in [4.69, 9.17) is 16.3 Å². The molecule has 3 aromatic rings. The van der Waals surface area contributed by atoms with Crippen LogP contribution in [0.25, 0.3) is 10.9 Å². The third-order valence-electron chi connectivity index (χ3n) is 2.98. The Morgan fingerprint density at radius 3 is 2.76 bits per heavy atom. The number of carbonyl (C=O) groups excluding carboxylic acids is 1. The van der Waals surface area contributed by atoms with Crippen molar-refractivity contribution in [2.75, 3.05) is 11.9 Å². The average molecular weight is 301 g/mol. The van der Waals surface area contributed by atoms with Gasteiger partial charge in [0.05, 0.1) is 0 Å². The molecule has 0 aliphatic heterocycles. The van der Waals surface area contributed by atoms with Crippen LogP contribution >= 0.6 is 11.6 Å². The van der Waals surface area contributed by atoms with E-state index in [9.17, 15) is 4.79 Å². The number of rotatable bonds is 4. The molecule has 21 heavy (non-hydrogen) atoms. The van der Waals surface area contributed by atoms with Crippen LogP contribution in [0.3, 0.4) is 0 Å². The van der Waals surface area contributed by atoms with E-state index < -0.39 is 0 Å². The third kappa shape index (κ3) is 3.35. The normalized spacial score (nSPS) is 10.5. The maximum absolute atomic E-state index is 11.8. The maximum Gasteiger partial charge on any atom is 0.262 e. The summed E-state index contributed by atoms with van der Waals surface area (Å²) in [4.78, 5) is 14.9. The number of aromatic amines is 1. The van der Waals surface area contributed by atoms with Gasteiger partial charge in [0.1, 0.15) is 0 Å². The second kappa shape index (κ2) is 5.89. The van der Waals surface area contributed by atoms with Gasteiger partial charge in [-0.15, -0.1) is 0 Å². The average Bonchev–Trinajstić information content (AvgIpc) is 2.88. The minimum absolute atomic E-state index is 0.0601. The molecule has 0 aliphatic rings. The number of hydrogen-bond acceptors (Lipinski definition) is 2. The molecule has 1 amide bonds. The van der Waals surface area contributed by atoms with Crippen LogP contribution in [0.5, 0.6) is 5.88 Å². The third-order valence-corrected chi connectivity index (χ3v) is 3.21. The quantitative estimate of drug-likeness (QED) is 0.769. The van der Waals surface area contributed by atoms with Crippen molar-refractivity contribution in [2.45, 2.75) is 0 Å². The van der Waals surface area contributed by atoms with Crippen molar-refractivity contribution in [3.8, 4) is 5.88 Å². The number of aromatic nitrogens is 1. The van der Waals surface area contributed by atoms with Gasteiger partial charge in [-0.05, 0) is 24.3 Å². The number of benzene rings is 2. The standard InChI is InChI=1S/C16H13ClN2O2/c17-12-7-6-11-8-16(19-14(11)9-12)21-10-15(20)18-13-4-2-1-3-5-13/h1-9,19H,10H2,(H,18,20). The van der Waals surface area contributed by atoms with Gasteiger partial charge in [-0.2, -0.15) is 0 Å². The summed E-state index contributed by atoms with van der Waals surface area (Å²) in [6, 6.07) is 16.6. The molecule has 0 fully saturated rings. The topological polar surface area (TPSA) is 54.1 Å². The van der Waals surface area contributed by atoms with E-state index in [1.807, 2.05) is 54.6 Å². The number of ether oxygens (including phenoxy) is 1. The number of hydrogen-bond donors (Lipinski definition) is 2. The fourth-order valence-electron chi connectivity index (χ4n) is 2.01. The minimum atomic E-state index is -0.210. The first-order valence-electron chi connectivity index (χ1n) is 6.47. The van der Waals surface area contributed by atoms with Crippen LogP contribution in [0.1, 0.15) is 0 Å². The number of anilines is 1. The molecular weight excluding hydrogens is 288 g/mol. The minimum Gasteiger partial charge on any atom is -0.469 e. The first kappa shape index (κ1) is 13.5. The molecule has 1 heterocycles. The summed E-state index contributed by atoms with van der Waals surface area (Å²) < 4.78 is 5.45. The van der Waals surface area contributed by atoms with Gasteiger partial charge in [0.2, 0.25) is 0 Å². The van der Waals surface area contributed by atoms with Crippen LogP contribution in [0.4, 0.5) is 5.69 Å². The molecule has 3 rings (SSSR count). The van der Waals surface area contributed by atoms with Gasteiger partial charge >= 0.3 is 0 Å². The van der Waals surface area contributed by atoms with E-state index in [0.717, 1.165) is 16.6 Å². The Morgan fingerprint density at radius 1 is 1.14 bits per heavy atom. The second-order valence-corrected chi connectivity index (χ2v) is 5.00. The molecule has 0 atom stereocenters. The monoisotopic (exact) mass is 300 g/mol. The van der Waals surface area contributed by atoms with Crippen molar-refractivity contribution in [2.24, 2.45) is 0 Å². The molecule has 0 saturated carbocycles. The number of H-pyrrole nitrogens is 1. The van der Waals surface area contributed by atoms with E-state index in [0.29, 0.717) is 10.9 Å². The lowest BCUT2D eigenvalue weighted by molar-refractivity contribution is -0.118. The van der Waals surface area contributed by atoms with Crippen molar-refractivity contribution < 1.29 is 9.53 Å². The molecule has 2 N–H and O–H groups in total. The molecule has 0 unspecified atom stereocenters. The molecule has 0 bridgehead atoms. The van der Waals surface area contributed by atoms with E-state index in [-0.39, 0.29) is 12.5 Å². The molecule has 4 nitrogen and oxygen atoms in total. The fourth-order valence-corrected chi connectivity index (χ4v) is 2.18. The van der Waals surface area contributed by atoms with Crippen LogP contribution in [0.15, 0.2) is 54.6 Å². The van der Waals surface area contributed by atoms with Gasteiger partial charge < -0.3 is 15.0 Å². The summed E-state index contributed by atoms with van der Waals surface area (Å²) in [6.07, 6.45) is 0. The Labute approximate surface area is 126 Å². The molecule has 1 aromatic heterocycles. The molecule has 5 heteroatoms. The molecular formula is C16H13ClN2O2. The Morgan fingerprint density at radius 2 is 1.95 bits per heavy atom. The molecule has 0 radical (unpaired) electrons. The summed E-state index contributed by atoms with van der Waals surface area (Å²) >= 11 is 5.92. The van der Waals surface area contributed by atoms with Gasteiger partial charge in [-0.3, -0.25) is 4.79 Å². The largest absolute Gasteiger partial charge is 0.469 e. The van der Waals surface area contributed by atoms with Gasteiger partial charge in [0.25, 0.3) is 5.91 Å². The SMILES string of the molecule is O=C(COc1cc2ccc(Cl)cc2[nH]1)Nc1ccccc1. The van der Waals surface area contributed by atoms with Crippen LogP contribution in [0, 0.1) is 0 Å². The van der Waals surface area contributed by atoms with Gasteiger partial charge in [0, 0.05) is 27.7 Å². The number of para-hydroxylation sites is 1. The van der Waals surface area contributed by atoms with Crippen molar-refractivity contribution in [3.05, 3.63) is 59.6 Å². The predicted octanol–water partition coefficient (Wildman–Crippen LogP) is 3.84. The smallest absolute Gasteiger partial charge is 0.262 e. The molecule has 106 valence electrons.